The molecule has 1 N–H and O–H groups in total. The van der Waals surface area contributed by atoms with Crippen molar-refractivity contribution < 1.29 is 9.90 Å². The van der Waals surface area contributed by atoms with Crippen LogP contribution >= 0.6 is 11.8 Å². The highest BCUT2D eigenvalue weighted by Gasteiger charge is 2.66. The molecule has 6 heteroatoms. The predicted molar refractivity (Wildman–Crippen MR) is 77.2 cm³/mol. The quantitative estimate of drug-likeness (QED) is 0.847. The van der Waals surface area contributed by atoms with Crippen molar-refractivity contribution in [1.29, 1.82) is 0 Å². The second-order valence-corrected chi connectivity index (χ2v) is 8.09. The van der Waals surface area contributed by atoms with E-state index in [-0.39, 0.29) is 5.75 Å². The highest BCUT2D eigenvalue weighted by atomic mass is 32.2. The van der Waals surface area contributed by atoms with Crippen LogP contribution in [-0.4, -0.2) is 31.6 Å². The molecule has 4 fully saturated rings. The summed E-state index contributed by atoms with van der Waals surface area (Å²) in [6.45, 7) is 0. The number of aliphatic carboxylic acids is 1. The summed E-state index contributed by atoms with van der Waals surface area (Å²) in [6, 6.07) is 0.582. The van der Waals surface area contributed by atoms with Gasteiger partial charge >= 0.3 is 5.97 Å². The van der Waals surface area contributed by atoms with Crippen LogP contribution in [0.2, 0.25) is 0 Å². The first-order chi connectivity index (χ1) is 10.2. The fourth-order valence-electron chi connectivity index (χ4n) is 5.04. The van der Waals surface area contributed by atoms with Crippen molar-refractivity contribution in [3.05, 3.63) is 5.82 Å². The molecule has 4 aliphatic carbocycles. The minimum Gasteiger partial charge on any atom is -0.481 e. The standard InChI is InChI=1S/C15H19N3O2S/c19-10(20)6-21-15-17-16-14(7-1-2-7)18(15)13-11-8-3-4-9(5-8)12(11)13/h7-9,11-13H,1-6H2,(H,19,20). The summed E-state index contributed by atoms with van der Waals surface area (Å²) in [7, 11) is 0. The maximum absolute atomic E-state index is 10.9. The normalized spacial score (nSPS) is 39.5. The molecule has 21 heavy (non-hydrogen) atoms. The zero-order chi connectivity index (χ0) is 14.1. The van der Waals surface area contributed by atoms with Crippen LogP contribution in [0, 0.1) is 23.7 Å². The first kappa shape index (κ1) is 12.5. The Hall–Kier alpha value is -1.04. The van der Waals surface area contributed by atoms with Gasteiger partial charge in [-0.25, -0.2) is 0 Å². The molecular weight excluding hydrogens is 286 g/mol. The third-order valence-corrected chi connectivity index (χ3v) is 6.88. The Morgan fingerprint density at radius 2 is 1.90 bits per heavy atom. The number of fused-ring (bicyclic) bond motifs is 5. The van der Waals surface area contributed by atoms with Crippen molar-refractivity contribution in [2.45, 2.75) is 49.2 Å². The van der Waals surface area contributed by atoms with Gasteiger partial charge in [0, 0.05) is 12.0 Å². The van der Waals surface area contributed by atoms with E-state index in [0.29, 0.717) is 12.0 Å². The van der Waals surface area contributed by atoms with Crippen molar-refractivity contribution in [1.82, 2.24) is 14.8 Å². The largest absolute Gasteiger partial charge is 0.481 e. The van der Waals surface area contributed by atoms with Crippen LogP contribution in [0.5, 0.6) is 0 Å². The smallest absolute Gasteiger partial charge is 0.313 e. The monoisotopic (exact) mass is 305 g/mol. The fourth-order valence-corrected chi connectivity index (χ4v) is 5.74. The van der Waals surface area contributed by atoms with Crippen LogP contribution in [0.3, 0.4) is 0 Å². The third-order valence-electron chi connectivity index (χ3n) is 5.95. The number of rotatable bonds is 5. The molecule has 1 aromatic rings. The lowest BCUT2D eigenvalue weighted by Crippen LogP contribution is -2.10. The van der Waals surface area contributed by atoms with Gasteiger partial charge in [0.25, 0.3) is 0 Å². The molecule has 2 bridgehead atoms. The van der Waals surface area contributed by atoms with E-state index >= 15 is 0 Å². The van der Waals surface area contributed by atoms with Gasteiger partial charge in [0.1, 0.15) is 5.82 Å². The number of carbonyl (C=O) groups is 1. The van der Waals surface area contributed by atoms with Crippen molar-refractivity contribution >= 4 is 17.7 Å². The highest BCUT2D eigenvalue weighted by molar-refractivity contribution is 7.99. The third kappa shape index (κ3) is 1.81. The molecule has 0 spiro atoms. The molecule has 4 aliphatic rings. The van der Waals surface area contributed by atoms with Gasteiger partial charge in [-0.05, 0) is 55.8 Å². The van der Waals surface area contributed by atoms with E-state index < -0.39 is 5.97 Å². The second-order valence-electron chi connectivity index (χ2n) is 7.15. The molecule has 0 saturated heterocycles. The Morgan fingerprint density at radius 1 is 1.19 bits per heavy atom. The number of aromatic nitrogens is 3. The Kier molecular flexibility index (Phi) is 2.53. The highest BCUT2D eigenvalue weighted by Crippen LogP contribution is 2.72. The van der Waals surface area contributed by atoms with Gasteiger partial charge in [0.05, 0.1) is 5.75 Å². The summed E-state index contributed by atoms with van der Waals surface area (Å²) in [4.78, 5) is 10.9. The van der Waals surface area contributed by atoms with Crippen LogP contribution < -0.4 is 0 Å². The number of nitrogens with zero attached hydrogens (tertiary/aromatic N) is 3. The van der Waals surface area contributed by atoms with E-state index in [0.717, 1.165) is 34.7 Å². The van der Waals surface area contributed by atoms with E-state index in [9.17, 15) is 4.79 Å². The van der Waals surface area contributed by atoms with Gasteiger partial charge in [-0.3, -0.25) is 4.79 Å². The summed E-state index contributed by atoms with van der Waals surface area (Å²) in [5.41, 5.74) is 0. The lowest BCUT2D eigenvalue weighted by molar-refractivity contribution is -0.133. The van der Waals surface area contributed by atoms with Gasteiger partial charge in [0.2, 0.25) is 0 Å². The average molecular weight is 305 g/mol. The molecule has 1 aromatic heterocycles. The van der Waals surface area contributed by atoms with Crippen LogP contribution in [-0.2, 0) is 4.79 Å². The van der Waals surface area contributed by atoms with E-state index in [2.05, 4.69) is 14.8 Å². The van der Waals surface area contributed by atoms with Crippen molar-refractivity contribution in [3.63, 3.8) is 0 Å². The van der Waals surface area contributed by atoms with Crippen LogP contribution in [0.4, 0.5) is 0 Å². The Labute approximate surface area is 127 Å². The van der Waals surface area contributed by atoms with Crippen molar-refractivity contribution in [2.24, 2.45) is 23.7 Å². The van der Waals surface area contributed by atoms with E-state index in [1.54, 1.807) is 0 Å². The summed E-state index contributed by atoms with van der Waals surface area (Å²) in [5.74, 6) is 4.52. The van der Waals surface area contributed by atoms with Gasteiger partial charge in [-0.1, -0.05) is 11.8 Å². The molecule has 0 aliphatic heterocycles. The Bertz CT molecular complexity index is 596. The SMILES string of the molecule is O=C(O)CSc1nnc(C2CC2)n1C1C2C3CCC(C3)C21. The molecular formula is C15H19N3O2S. The van der Waals surface area contributed by atoms with Gasteiger partial charge in [-0.15, -0.1) is 10.2 Å². The minimum atomic E-state index is -0.779. The van der Waals surface area contributed by atoms with Gasteiger partial charge in [-0.2, -0.15) is 0 Å². The van der Waals surface area contributed by atoms with Crippen LogP contribution in [0.25, 0.3) is 0 Å². The topological polar surface area (TPSA) is 68.0 Å². The molecule has 4 saturated carbocycles. The molecule has 0 aromatic carbocycles. The zero-order valence-corrected chi connectivity index (χ0v) is 12.6. The lowest BCUT2D eigenvalue weighted by Gasteiger charge is -2.14. The minimum absolute atomic E-state index is 0.0811. The summed E-state index contributed by atoms with van der Waals surface area (Å²) in [6.07, 6.45) is 6.68. The number of hydrogen-bond acceptors (Lipinski definition) is 4. The van der Waals surface area contributed by atoms with Crippen LogP contribution in [0.15, 0.2) is 5.16 Å². The van der Waals surface area contributed by atoms with E-state index in [1.807, 2.05) is 0 Å². The molecule has 4 unspecified atom stereocenters. The molecule has 5 nitrogen and oxygen atoms in total. The van der Waals surface area contributed by atoms with E-state index in [4.69, 9.17) is 5.11 Å². The molecule has 4 atom stereocenters. The van der Waals surface area contributed by atoms with Crippen molar-refractivity contribution in [2.75, 3.05) is 5.75 Å². The maximum atomic E-state index is 10.9. The molecule has 0 radical (unpaired) electrons. The molecule has 0 amide bonds. The lowest BCUT2D eigenvalue weighted by atomic mass is 10.0. The molecule has 112 valence electrons. The second kappa shape index (κ2) is 4.24. The Morgan fingerprint density at radius 3 is 2.52 bits per heavy atom. The number of carboxylic acids is 1. The van der Waals surface area contributed by atoms with Gasteiger partial charge in [0.15, 0.2) is 5.16 Å². The fraction of sp³-hybridized carbons (Fsp3) is 0.800. The number of hydrogen-bond donors (Lipinski definition) is 1. The number of carboxylic acid groups (broad SMARTS) is 1. The maximum Gasteiger partial charge on any atom is 0.313 e. The zero-order valence-electron chi connectivity index (χ0n) is 11.8. The predicted octanol–water partition coefficient (Wildman–Crippen LogP) is 2.55. The summed E-state index contributed by atoms with van der Waals surface area (Å²) >= 11 is 1.34. The van der Waals surface area contributed by atoms with Crippen LogP contribution in [0.1, 0.15) is 49.9 Å². The summed E-state index contributed by atoms with van der Waals surface area (Å²) < 4.78 is 2.35. The summed E-state index contributed by atoms with van der Waals surface area (Å²) in [5, 5.41) is 18.5. The first-order valence-corrected chi connectivity index (χ1v) is 9.02. The van der Waals surface area contributed by atoms with Gasteiger partial charge < -0.3 is 9.67 Å². The number of thioether (sulfide) groups is 1. The van der Waals surface area contributed by atoms with E-state index in [1.165, 1.54) is 43.9 Å². The Balaban J connectivity index is 1.47. The average Bonchev–Trinajstić information content (AvgIpc) is 3.32. The molecule has 5 rings (SSSR count). The first-order valence-electron chi connectivity index (χ1n) is 8.03. The van der Waals surface area contributed by atoms with Crippen molar-refractivity contribution in [3.8, 4) is 0 Å². The molecule has 1 heterocycles.